The molecule has 10 nitrogen and oxygen atoms in total. The molecule has 0 spiro atoms. The quantitative estimate of drug-likeness (QED) is 0.0751. The molecule has 4 rings (SSSR count). The Labute approximate surface area is 348 Å². The van der Waals surface area contributed by atoms with Crippen molar-refractivity contribution < 1.29 is 24.0 Å². The fraction of sp³-hybridized carbons (Fsp3) is 0.646. The molecule has 0 bridgehead atoms. The number of benzene rings is 2. The molecule has 2 aromatic carbocycles. The van der Waals surface area contributed by atoms with Gasteiger partial charge in [0.1, 0.15) is 18.1 Å². The number of carbonyl (C=O) groups is 5. The lowest BCUT2D eigenvalue weighted by Gasteiger charge is -2.28. The maximum atomic E-state index is 14.2. The molecule has 2 aromatic rings. The molecule has 1 saturated heterocycles. The van der Waals surface area contributed by atoms with E-state index < -0.39 is 47.3 Å². The number of hydrogen-bond acceptors (Lipinski definition) is 6. The van der Waals surface area contributed by atoms with E-state index >= 15 is 0 Å². The number of ketones is 1. The molecule has 1 aliphatic heterocycles. The molecular formula is C48H73N5O5. The van der Waals surface area contributed by atoms with E-state index in [9.17, 15) is 24.0 Å². The number of Topliss-reactive ketones (excluding diaryl/α,β-unsaturated/α-hetero) is 1. The number of likely N-dealkylation sites (tertiary alicyclic amines) is 1. The molecule has 4 amide bonds. The van der Waals surface area contributed by atoms with Crippen LogP contribution in [0.3, 0.4) is 0 Å². The van der Waals surface area contributed by atoms with Crippen LogP contribution in [0.4, 0.5) is 0 Å². The second-order valence-electron chi connectivity index (χ2n) is 18.1. The van der Waals surface area contributed by atoms with E-state index in [0.717, 1.165) is 56.2 Å². The summed E-state index contributed by atoms with van der Waals surface area (Å²) in [5, 5.41) is 12.0. The Bertz CT molecular complexity index is 1570. The molecule has 58 heavy (non-hydrogen) atoms. The largest absolute Gasteiger partial charge is 0.344 e. The molecule has 0 aromatic heterocycles. The smallest absolute Gasteiger partial charge is 0.243 e. The number of hydrogen-bond donors (Lipinski definition) is 4. The molecule has 4 atom stereocenters. The van der Waals surface area contributed by atoms with Gasteiger partial charge < -0.3 is 26.2 Å². The first-order valence-corrected chi connectivity index (χ1v) is 22.4. The first-order valence-electron chi connectivity index (χ1n) is 22.4. The standard InChI is InChI=1S/C48H73N5O5/c1-35(2)32-40(44(55)48(5)27-28-48)50-47(58)42(34-38-22-14-10-15-23-38)52-46(57)41(33-36(3)4)51-45(56)39(26-25-37-20-12-9-13-21-37)49-43(54)24-16-7-6-8-17-29-53-30-18-11-19-31-53/h9-10,12-15,20-23,35-36,39-42H,6-8,11,16-19,24-34H2,1-5H3,(H,49,54)(H,50,58)(H,51,56)(H,52,57)/t39-,40-,41-,42-/m0/s1. The van der Waals surface area contributed by atoms with Crippen LogP contribution in [0.2, 0.25) is 0 Å². The third-order valence-electron chi connectivity index (χ3n) is 11.7. The number of piperidine rings is 1. The van der Waals surface area contributed by atoms with Crippen molar-refractivity contribution in [2.45, 2.75) is 162 Å². The fourth-order valence-corrected chi connectivity index (χ4v) is 7.96. The fourth-order valence-electron chi connectivity index (χ4n) is 7.96. The molecule has 10 heteroatoms. The first kappa shape index (κ1) is 46.6. The Morgan fingerprint density at radius 1 is 0.603 bits per heavy atom. The van der Waals surface area contributed by atoms with Crippen molar-refractivity contribution in [1.29, 1.82) is 0 Å². The highest BCUT2D eigenvalue weighted by Gasteiger charge is 2.48. The molecule has 2 aliphatic rings. The minimum atomic E-state index is -0.978. The summed E-state index contributed by atoms with van der Waals surface area (Å²) in [6, 6.07) is 15.9. The van der Waals surface area contributed by atoms with E-state index in [1.54, 1.807) is 0 Å². The summed E-state index contributed by atoms with van der Waals surface area (Å²) < 4.78 is 0. The van der Waals surface area contributed by atoms with Crippen LogP contribution in [0, 0.1) is 17.3 Å². The molecule has 320 valence electrons. The van der Waals surface area contributed by atoms with Crippen LogP contribution < -0.4 is 21.3 Å². The van der Waals surface area contributed by atoms with Crippen molar-refractivity contribution in [1.82, 2.24) is 26.2 Å². The summed E-state index contributed by atoms with van der Waals surface area (Å²) in [5.74, 6) is -1.24. The minimum Gasteiger partial charge on any atom is -0.344 e. The zero-order valence-electron chi connectivity index (χ0n) is 36.2. The van der Waals surface area contributed by atoms with E-state index in [4.69, 9.17) is 0 Å². The summed E-state index contributed by atoms with van der Waals surface area (Å²) in [5.41, 5.74) is 1.49. The third-order valence-corrected chi connectivity index (χ3v) is 11.7. The van der Waals surface area contributed by atoms with E-state index in [0.29, 0.717) is 32.1 Å². The highest BCUT2D eigenvalue weighted by atomic mass is 16.2. The lowest BCUT2D eigenvalue weighted by molar-refractivity contribution is -0.135. The number of amides is 4. The summed E-state index contributed by atoms with van der Waals surface area (Å²) in [6.07, 6.45) is 13.1. The molecule has 0 unspecified atom stereocenters. The predicted molar refractivity (Wildman–Crippen MR) is 232 cm³/mol. The van der Waals surface area contributed by atoms with Gasteiger partial charge in [-0.1, -0.05) is 121 Å². The number of aryl methyl sites for hydroxylation is 1. The summed E-state index contributed by atoms with van der Waals surface area (Å²) in [7, 11) is 0. The highest BCUT2D eigenvalue weighted by Crippen LogP contribution is 2.47. The van der Waals surface area contributed by atoms with Crippen molar-refractivity contribution in [3.8, 4) is 0 Å². The number of rotatable bonds is 26. The van der Waals surface area contributed by atoms with Gasteiger partial charge in [0.25, 0.3) is 0 Å². The summed E-state index contributed by atoms with van der Waals surface area (Å²) in [4.78, 5) is 71.7. The van der Waals surface area contributed by atoms with Gasteiger partial charge in [-0.25, -0.2) is 0 Å². The highest BCUT2D eigenvalue weighted by molar-refractivity contribution is 5.97. The number of nitrogens with one attached hydrogen (secondary N) is 4. The van der Waals surface area contributed by atoms with E-state index in [-0.39, 0.29) is 29.9 Å². The Morgan fingerprint density at radius 3 is 1.74 bits per heavy atom. The van der Waals surface area contributed by atoms with Gasteiger partial charge in [0, 0.05) is 18.3 Å². The van der Waals surface area contributed by atoms with Crippen molar-refractivity contribution in [3.63, 3.8) is 0 Å². The second-order valence-corrected chi connectivity index (χ2v) is 18.1. The van der Waals surface area contributed by atoms with Gasteiger partial charge in [-0.3, -0.25) is 24.0 Å². The Balaban J connectivity index is 1.41. The van der Waals surface area contributed by atoms with Crippen LogP contribution in [0.5, 0.6) is 0 Å². The molecule has 4 N–H and O–H groups in total. The van der Waals surface area contributed by atoms with E-state index in [1.165, 1.54) is 38.8 Å². The van der Waals surface area contributed by atoms with Gasteiger partial charge in [-0.15, -0.1) is 0 Å². The molecular weight excluding hydrogens is 727 g/mol. The molecule has 1 saturated carbocycles. The molecule has 1 aliphatic carbocycles. The van der Waals surface area contributed by atoms with Crippen molar-refractivity contribution in [3.05, 3.63) is 71.8 Å². The monoisotopic (exact) mass is 800 g/mol. The van der Waals surface area contributed by atoms with Crippen molar-refractivity contribution in [2.75, 3.05) is 19.6 Å². The zero-order valence-corrected chi connectivity index (χ0v) is 36.2. The lowest BCUT2D eigenvalue weighted by Crippen LogP contribution is -2.58. The third kappa shape index (κ3) is 16.7. The molecule has 2 fully saturated rings. The summed E-state index contributed by atoms with van der Waals surface area (Å²) >= 11 is 0. The first-order chi connectivity index (χ1) is 27.8. The van der Waals surface area contributed by atoms with Gasteiger partial charge in [0.2, 0.25) is 23.6 Å². The van der Waals surface area contributed by atoms with Gasteiger partial charge in [0.05, 0.1) is 6.04 Å². The van der Waals surface area contributed by atoms with Crippen LogP contribution in [0.25, 0.3) is 0 Å². The number of nitrogens with zero attached hydrogens (tertiary/aromatic N) is 1. The average molecular weight is 800 g/mol. The SMILES string of the molecule is CC(C)C[C@H](NC(=O)[C@H](CCc1ccccc1)NC(=O)CCCCCCCN1CCCCC1)C(=O)N[C@@H](Cc1ccccc1)C(=O)N[C@@H](CC(C)C)C(=O)C1(C)CC1. The zero-order chi connectivity index (χ0) is 41.9. The Kier molecular flexibility index (Phi) is 19.4. The normalized spacial score (nSPS) is 17.2. The van der Waals surface area contributed by atoms with Crippen molar-refractivity contribution in [2.24, 2.45) is 17.3 Å². The van der Waals surface area contributed by atoms with Crippen LogP contribution in [-0.4, -0.2) is 78.1 Å². The Hall–Kier alpha value is -4.05. The van der Waals surface area contributed by atoms with Gasteiger partial charge in [-0.2, -0.15) is 0 Å². The van der Waals surface area contributed by atoms with Crippen LogP contribution in [0.1, 0.15) is 136 Å². The number of unbranched alkanes of at least 4 members (excludes halogenated alkanes) is 4. The van der Waals surface area contributed by atoms with Gasteiger partial charge in [-0.05, 0) is 107 Å². The van der Waals surface area contributed by atoms with Crippen molar-refractivity contribution >= 4 is 29.4 Å². The van der Waals surface area contributed by atoms with E-state index in [1.807, 2.05) is 95.3 Å². The van der Waals surface area contributed by atoms with Gasteiger partial charge >= 0.3 is 0 Å². The van der Waals surface area contributed by atoms with Crippen LogP contribution in [0.15, 0.2) is 60.7 Å². The maximum Gasteiger partial charge on any atom is 0.243 e. The minimum absolute atomic E-state index is 0.0381. The summed E-state index contributed by atoms with van der Waals surface area (Å²) in [6.45, 7) is 13.6. The predicted octanol–water partition coefficient (Wildman–Crippen LogP) is 7.09. The number of carbonyl (C=O) groups excluding carboxylic acids is 5. The van der Waals surface area contributed by atoms with Gasteiger partial charge in [0.15, 0.2) is 5.78 Å². The lowest BCUT2D eigenvalue weighted by atomic mass is 9.91. The van der Waals surface area contributed by atoms with E-state index in [2.05, 4.69) is 26.2 Å². The maximum absolute atomic E-state index is 14.2. The average Bonchev–Trinajstić information content (AvgIpc) is 3.96. The molecule has 0 radical (unpaired) electrons. The topological polar surface area (TPSA) is 137 Å². The Morgan fingerprint density at radius 2 is 1.12 bits per heavy atom. The van der Waals surface area contributed by atoms with Crippen LogP contribution in [-0.2, 0) is 36.8 Å². The second kappa shape index (κ2) is 24.1. The van der Waals surface area contributed by atoms with Crippen LogP contribution >= 0.6 is 0 Å². The molecule has 1 heterocycles.